The van der Waals surface area contributed by atoms with Crippen LogP contribution >= 0.6 is 0 Å². The van der Waals surface area contributed by atoms with Gasteiger partial charge in [-0.15, -0.1) is 6.58 Å². The van der Waals surface area contributed by atoms with Crippen LogP contribution in [0.1, 0.15) is 30.4 Å². The van der Waals surface area contributed by atoms with Crippen LogP contribution in [0.25, 0.3) is 0 Å². The van der Waals surface area contributed by atoms with Crippen molar-refractivity contribution in [1.29, 1.82) is 0 Å². The summed E-state index contributed by atoms with van der Waals surface area (Å²) in [6.07, 6.45) is 3.27. The first-order valence-electron chi connectivity index (χ1n) is 6.62. The Kier molecular flexibility index (Phi) is 6.04. The molecular formula is C17H22O3. The van der Waals surface area contributed by atoms with Crippen LogP contribution in [0.3, 0.4) is 0 Å². The summed E-state index contributed by atoms with van der Waals surface area (Å²) in [4.78, 5) is 11.4. The van der Waals surface area contributed by atoms with Gasteiger partial charge in [-0.1, -0.05) is 31.7 Å². The van der Waals surface area contributed by atoms with Crippen molar-refractivity contribution >= 4 is 5.97 Å². The van der Waals surface area contributed by atoms with Crippen LogP contribution < -0.4 is 4.74 Å². The van der Waals surface area contributed by atoms with Crippen molar-refractivity contribution in [2.45, 2.75) is 32.3 Å². The van der Waals surface area contributed by atoms with Gasteiger partial charge in [-0.3, -0.25) is 0 Å². The standard InChI is InChI=1S/C17H22O3/c1-6-8-15(20-17(18)7-2)13(4)14-10-9-12(3)16(11-14)19-5/h6-7,9-11,13,15H,1-2,8H2,3-5H3/t13-,15+/m1/s1. The van der Waals surface area contributed by atoms with Gasteiger partial charge >= 0.3 is 5.97 Å². The van der Waals surface area contributed by atoms with Crippen LogP contribution in [0.15, 0.2) is 43.5 Å². The molecular weight excluding hydrogens is 252 g/mol. The highest BCUT2D eigenvalue weighted by molar-refractivity contribution is 5.81. The van der Waals surface area contributed by atoms with Gasteiger partial charge in [0.15, 0.2) is 0 Å². The average Bonchev–Trinajstić information content (AvgIpc) is 2.46. The molecule has 0 spiro atoms. The second-order valence-corrected chi connectivity index (χ2v) is 4.72. The van der Waals surface area contributed by atoms with E-state index < -0.39 is 5.97 Å². The lowest BCUT2D eigenvalue weighted by Crippen LogP contribution is -2.22. The zero-order valence-electron chi connectivity index (χ0n) is 12.4. The van der Waals surface area contributed by atoms with Gasteiger partial charge in [0.25, 0.3) is 0 Å². The number of esters is 1. The number of carbonyl (C=O) groups is 1. The molecule has 1 aromatic carbocycles. The summed E-state index contributed by atoms with van der Waals surface area (Å²) >= 11 is 0. The molecule has 0 fully saturated rings. The summed E-state index contributed by atoms with van der Waals surface area (Å²) in [7, 11) is 1.65. The quantitative estimate of drug-likeness (QED) is 0.431. The van der Waals surface area contributed by atoms with Crippen LogP contribution in [-0.2, 0) is 9.53 Å². The van der Waals surface area contributed by atoms with Crippen LogP contribution in [0, 0.1) is 6.92 Å². The molecule has 20 heavy (non-hydrogen) atoms. The van der Waals surface area contributed by atoms with E-state index in [9.17, 15) is 4.79 Å². The lowest BCUT2D eigenvalue weighted by atomic mass is 9.92. The molecule has 0 aromatic heterocycles. The van der Waals surface area contributed by atoms with E-state index in [0.29, 0.717) is 6.42 Å². The van der Waals surface area contributed by atoms with Crippen LogP contribution in [0.4, 0.5) is 0 Å². The molecule has 1 aromatic rings. The molecule has 1 rings (SSSR count). The minimum atomic E-state index is -0.414. The van der Waals surface area contributed by atoms with E-state index in [1.807, 2.05) is 32.0 Å². The molecule has 0 radical (unpaired) electrons. The van der Waals surface area contributed by atoms with Crippen molar-refractivity contribution in [1.82, 2.24) is 0 Å². The molecule has 2 atom stereocenters. The SMILES string of the molecule is C=CC[C@H](OC(=O)C=C)[C@H](C)c1ccc(C)c(OC)c1. The van der Waals surface area contributed by atoms with Crippen LogP contribution in [0.5, 0.6) is 5.75 Å². The summed E-state index contributed by atoms with van der Waals surface area (Å²) in [6.45, 7) is 11.2. The van der Waals surface area contributed by atoms with E-state index >= 15 is 0 Å². The molecule has 0 N–H and O–H groups in total. The molecule has 0 aliphatic rings. The number of hydrogen-bond acceptors (Lipinski definition) is 3. The Hall–Kier alpha value is -2.03. The lowest BCUT2D eigenvalue weighted by molar-refractivity contribution is -0.143. The number of hydrogen-bond donors (Lipinski definition) is 0. The highest BCUT2D eigenvalue weighted by Crippen LogP contribution is 2.29. The zero-order chi connectivity index (χ0) is 15.1. The average molecular weight is 274 g/mol. The summed E-state index contributed by atoms with van der Waals surface area (Å²) in [5, 5.41) is 0. The number of ether oxygens (including phenoxy) is 2. The van der Waals surface area contributed by atoms with Gasteiger partial charge in [0, 0.05) is 18.4 Å². The predicted octanol–water partition coefficient (Wildman–Crippen LogP) is 3.78. The van der Waals surface area contributed by atoms with Gasteiger partial charge in [0.1, 0.15) is 11.9 Å². The van der Waals surface area contributed by atoms with E-state index in [2.05, 4.69) is 13.2 Å². The number of methoxy groups -OCH3 is 1. The Bertz CT molecular complexity index is 491. The fourth-order valence-electron chi connectivity index (χ4n) is 2.05. The minimum Gasteiger partial charge on any atom is -0.496 e. The van der Waals surface area contributed by atoms with E-state index in [0.717, 1.165) is 16.9 Å². The predicted molar refractivity (Wildman–Crippen MR) is 81.0 cm³/mol. The van der Waals surface area contributed by atoms with Crippen LogP contribution in [-0.4, -0.2) is 19.2 Å². The minimum absolute atomic E-state index is 0.0476. The third-order valence-electron chi connectivity index (χ3n) is 3.35. The Morgan fingerprint density at radius 1 is 1.40 bits per heavy atom. The topological polar surface area (TPSA) is 35.5 Å². The molecule has 3 heteroatoms. The highest BCUT2D eigenvalue weighted by Gasteiger charge is 2.21. The highest BCUT2D eigenvalue weighted by atomic mass is 16.5. The number of benzene rings is 1. The first kappa shape index (κ1) is 16.0. The maximum atomic E-state index is 11.4. The Labute approximate surface area is 120 Å². The third-order valence-corrected chi connectivity index (χ3v) is 3.35. The molecule has 0 saturated heterocycles. The molecule has 0 unspecified atom stereocenters. The molecule has 0 aliphatic carbocycles. The van der Waals surface area contributed by atoms with Gasteiger partial charge in [-0.2, -0.15) is 0 Å². The van der Waals surface area contributed by atoms with Gasteiger partial charge in [-0.25, -0.2) is 4.79 Å². The molecule has 0 amide bonds. The zero-order valence-corrected chi connectivity index (χ0v) is 12.4. The number of carbonyl (C=O) groups excluding carboxylic acids is 1. The lowest BCUT2D eigenvalue weighted by Gasteiger charge is -2.23. The number of aryl methyl sites for hydroxylation is 1. The van der Waals surface area contributed by atoms with Gasteiger partial charge in [0.05, 0.1) is 7.11 Å². The summed E-state index contributed by atoms with van der Waals surface area (Å²) in [5.41, 5.74) is 2.14. The van der Waals surface area contributed by atoms with Crippen LogP contribution in [0.2, 0.25) is 0 Å². The Balaban J connectivity index is 2.98. The fourth-order valence-corrected chi connectivity index (χ4v) is 2.05. The smallest absolute Gasteiger partial charge is 0.330 e. The van der Waals surface area contributed by atoms with E-state index in [-0.39, 0.29) is 12.0 Å². The van der Waals surface area contributed by atoms with E-state index in [4.69, 9.17) is 9.47 Å². The fraction of sp³-hybridized carbons (Fsp3) is 0.353. The molecule has 108 valence electrons. The molecule has 0 aliphatic heterocycles. The van der Waals surface area contributed by atoms with Crippen molar-refractivity contribution in [2.24, 2.45) is 0 Å². The maximum absolute atomic E-state index is 11.4. The molecule has 0 heterocycles. The van der Waals surface area contributed by atoms with Crippen molar-refractivity contribution in [3.8, 4) is 5.75 Å². The summed E-state index contributed by atoms with van der Waals surface area (Å²) in [5.74, 6) is 0.468. The Morgan fingerprint density at radius 3 is 2.65 bits per heavy atom. The van der Waals surface area contributed by atoms with E-state index in [1.165, 1.54) is 6.08 Å². The second kappa shape index (κ2) is 7.53. The van der Waals surface area contributed by atoms with Gasteiger partial charge < -0.3 is 9.47 Å². The Morgan fingerprint density at radius 2 is 2.10 bits per heavy atom. The van der Waals surface area contributed by atoms with Gasteiger partial charge in [-0.05, 0) is 24.1 Å². The molecule has 3 nitrogen and oxygen atoms in total. The van der Waals surface area contributed by atoms with E-state index in [1.54, 1.807) is 13.2 Å². The van der Waals surface area contributed by atoms with Crippen molar-refractivity contribution < 1.29 is 14.3 Å². The summed E-state index contributed by atoms with van der Waals surface area (Å²) in [6, 6.07) is 6.02. The monoisotopic (exact) mass is 274 g/mol. The number of rotatable bonds is 7. The van der Waals surface area contributed by atoms with Crippen molar-refractivity contribution in [2.75, 3.05) is 7.11 Å². The summed E-state index contributed by atoms with van der Waals surface area (Å²) < 4.78 is 10.7. The second-order valence-electron chi connectivity index (χ2n) is 4.72. The molecule has 0 bridgehead atoms. The first-order chi connectivity index (χ1) is 9.53. The third kappa shape index (κ3) is 3.98. The van der Waals surface area contributed by atoms with Gasteiger partial charge in [0.2, 0.25) is 0 Å². The maximum Gasteiger partial charge on any atom is 0.330 e. The molecule has 0 saturated carbocycles. The largest absolute Gasteiger partial charge is 0.496 e. The normalized spacial score (nSPS) is 13.2. The van der Waals surface area contributed by atoms with Crippen molar-refractivity contribution in [3.05, 3.63) is 54.6 Å². The first-order valence-corrected chi connectivity index (χ1v) is 6.62. The van der Waals surface area contributed by atoms with Crippen molar-refractivity contribution in [3.63, 3.8) is 0 Å².